The molecule has 1 aliphatic carbocycles. The van der Waals surface area contributed by atoms with E-state index >= 15 is 0 Å². The van der Waals surface area contributed by atoms with Crippen molar-refractivity contribution in [1.82, 2.24) is 5.32 Å². The Morgan fingerprint density at radius 1 is 1.41 bits per heavy atom. The summed E-state index contributed by atoms with van der Waals surface area (Å²) in [5.74, 6) is -2.10. The fourth-order valence-electron chi connectivity index (χ4n) is 1.71. The molecule has 0 atom stereocenters. The summed E-state index contributed by atoms with van der Waals surface area (Å²) < 4.78 is 31.3. The standard InChI is InChI=1S/C11H11F2NO3/c12-8-2-1-3-9(10(8)13)17-7-4-6(5-7)14-11(15)16/h1-3,6-7,14H,4-5H2,(H,15,16)/t6-,7-. The van der Waals surface area contributed by atoms with Crippen LogP contribution in [0.5, 0.6) is 5.75 Å². The fourth-order valence-corrected chi connectivity index (χ4v) is 1.71. The molecule has 0 bridgehead atoms. The van der Waals surface area contributed by atoms with Gasteiger partial charge in [-0.25, -0.2) is 9.18 Å². The van der Waals surface area contributed by atoms with Gasteiger partial charge in [0.05, 0.1) is 0 Å². The van der Waals surface area contributed by atoms with Gasteiger partial charge >= 0.3 is 6.09 Å². The average molecular weight is 243 g/mol. The summed E-state index contributed by atoms with van der Waals surface area (Å²) in [7, 11) is 0. The van der Waals surface area contributed by atoms with Crippen LogP contribution < -0.4 is 10.1 Å². The molecule has 0 unspecified atom stereocenters. The molecular formula is C11H11F2NO3. The number of carboxylic acid groups (broad SMARTS) is 1. The van der Waals surface area contributed by atoms with Gasteiger partial charge in [0.15, 0.2) is 11.6 Å². The quantitative estimate of drug-likeness (QED) is 0.855. The van der Waals surface area contributed by atoms with Crippen molar-refractivity contribution in [2.24, 2.45) is 0 Å². The number of amides is 1. The van der Waals surface area contributed by atoms with Crippen LogP contribution in [0.15, 0.2) is 18.2 Å². The number of benzene rings is 1. The molecule has 1 fully saturated rings. The molecule has 17 heavy (non-hydrogen) atoms. The van der Waals surface area contributed by atoms with Crippen molar-refractivity contribution in [1.29, 1.82) is 0 Å². The van der Waals surface area contributed by atoms with E-state index in [-0.39, 0.29) is 17.9 Å². The Bertz CT molecular complexity index is 433. The SMILES string of the molecule is O=C(O)N[C@H]1C[C@H](Oc2cccc(F)c2F)C1. The Hall–Kier alpha value is -1.85. The molecule has 0 aromatic heterocycles. The normalized spacial score (nSPS) is 22.7. The van der Waals surface area contributed by atoms with E-state index < -0.39 is 17.7 Å². The van der Waals surface area contributed by atoms with Crippen LogP contribution in [0.25, 0.3) is 0 Å². The summed E-state index contributed by atoms with van der Waals surface area (Å²) in [5, 5.41) is 10.7. The molecule has 2 rings (SSSR count). The number of halogens is 2. The van der Waals surface area contributed by atoms with E-state index in [4.69, 9.17) is 9.84 Å². The minimum absolute atomic E-state index is 0.135. The molecule has 0 aliphatic heterocycles. The average Bonchev–Trinajstić information content (AvgIpc) is 2.20. The lowest BCUT2D eigenvalue weighted by Crippen LogP contribution is -2.48. The maximum atomic E-state index is 13.2. The summed E-state index contributed by atoms with van der Waals surface area (Å²) in [4.78, 5) is 10.3. The van der Waals surface area contributed by atoms with E-state index in [2.05, 4.69) is 5.32 Å². The molecule has 0 radical (unpaired) electrons. The molecule has 0 spiro atoms. The second kappa shape index (κ2) is 4.57. The molecule has 92 valence electrons. The zero-order valence-corrected chi connectivity index (χ0v) is 8.82. The third-order valence-electron chi connectivity index (χ3n) is 2.63. The van der Waals surface area contributed by atoms with Gasteiger partial charge in [-0.1, -0.05) is 6.07 Å². The van der Waals surface area contributed by atoms with Crippen LogP contribution in [0.2, 0.25) is 0 Å². The van der Waals surface area contributed by atoms with E-state index in [0.29, 0.717) is 12.8 Å². The van der Waals surface area contributed by atoms with Gasteiger partial charge in [0.25, 0.3) is 0 Å². The van der Waals surface area contributed by atoms with Crippen molar-refractivity contribution in [3.8, 4) is 5.75 Å². The molecule has 1 aromatic carbocycles. The first-order valence-corrected chi connectivity index (χ1v) is 5.16. The molecule has 6 heteroatoms. The van der Waals surface area contributed by atoms with Crippen molar-refractivity contribution >= 4 is 6.09 Å². The van der Waals surface area contributed by atoms with Crippen molar-refractivity contribution in [2.75, 3.05) is 0 Å². The van der Waals surface area contributed by atoms with Gasteiger partial charge < -0.3 is 15.2 Å². The van der Waals surface area contributed by atoms with Gasteiger partial charge in [0.1, 0.15) is 6.10 Å². The highest BCUT2D eigenvalue weighted by Crippen LogP contribution is 2.28. The first-order chi connectivity index (χ1) is 8.06. The minimum Gasteiger partial charge on any atom is -0.487 e. The minimum atomic E-state index is -1.09. The van der Waals surface area contributed by atoms with Crippen LogP contribution in [0, 0.1) is 11.6 Å². The number of carbonyl (C=O) groups is 1. The third kappa shape index (κ3) is 2.64. The molecule has 1 aliphatic rings. The smallest absolute Gasteiger partial charge is 0.404 e. The topological polar surface area (TPSA) is 58.6 Å². The van der Waals surface area contributed by atoms with Gasteiger partial charge in [-0.05, 0) is 12.1 Å². The number of ether oxygens (including phenoxy) is 1. The van der Waals surface area contributed by atoms with Gasteiger partial charge in [-0.3, -0.25) is 0 Å². The Balaban J connectivity index is 1.88. The second-order valence-electron chi connectivity index (χ2n) is 3.91. The predicted molar refractivity (Wildman–Crippen MR) is 55.0 cm³/mol. The van der Waals surface area contributed by atoms with Crippen molar-refractivity contribution in [3.63, 3.8) is 0 Å². The number of hydrogen-bond acceptors (Lipinski definition) is 2. The van der Waals surface area contributed by atoms with E-state index in [1.165, 1.54) is 12.1 Å². The molecule has 1 aromatic rings. The van der Waals surface area contributed by atoms with Crippen molar-refractivity contribution < 1.29 is 23.4 Å². The summed E-state index contributed by atoms with van der Waals surface area (Å²) >= 11 is 0. The van der Waals surface area contributed by atoms with Gasteiger partial charge in [0, 0.05) is 18.9 Å². The van der Waals surface area contributed by atoms with Crippen molar-refractivity contribution in [3.05, 3.63) is 29.8 Å². The van der Waals surface area contributed by atoms with Crippen LogP contribution in [-0.4, -0.2) is 23.3 Å². The van der Waals surface area contributed by atoms with Crippen LogP contribution in [0.4, 0.5) is 13.6 Å². The first kappa shape index (κ1) is 11.6. The molecule has 4 nitrogen and oxygen atoms in total. The molecule has 2 N–H and O–H groups in total. The lowest BCUT2D eigenvalue weighted by molar-refractivity contribution is 0.0790. The maximum Gasteiger partial charge on any atom is 0.404 e. The molecule has 0 heterocycles. The molecular weight excluding hydrogens is 232 g/mol. The lowest BCUT2D eigenvalue weighted by Gasteiger charge is -2.35. The zero-order chi connectivity index (χ0) is 12.4. The van der Waals surface area contributed by atoms with Crippen LogP contribution in [0.1, 0.15) is 12.8 Å². The summed E-state index contributed by atoms with van der Waals surface area (Å²) in [6.07, 6.45) is -0.446. The van der Waals surface area contributed by atoms with E-state index in [1.54, 1.807) is 0 Å². The van der Waals surface area contributed by atoms with E-state index in [9.17, 15) is 13.6 Å². The number of hydrogen-bond donors (Lipinski definition) is 2. The highest BCUT2D eigenvalue weighted by Gasteiger charge is 2.32. The Morgan fingerprint density at radius 2 is 2.12 bits per heavy atom. The summed E-state index contributed by atoms with van der Waals surface area (Å²) in [6, 6.07) is 3.54. The van der Waals surface area contributed by atoms with E-state index in [0.717, 1.165) is 6.07 Å². The Morgan fingerprint density at radius 3 is 2.76 bits per heavy atom. The number of rotatable bonds is 3. The predicted octanol–water partition coefficient (Wildman–Crippen LogP) is 2.14. The van der Waals surface area contributed by atoms with Gasteiger partial charge in [-0.2, -0.15) is 4.39 Å². The van der Waals surface area contributed by atoms with Crippen LogP contribution in [0.3, 0.4) is 0 Å². The lowest BCUT2D eigenvalue weighted by atomic mass is 9.89. The largest absolute Gasteiger partial charge is 0.487 e. The molecule has 1 amide bonds. The first-order valence-electron chi connectivity index (χ1n) is 5.16. The molecule has 1 saturated carbocycles. The van der Waals surface area contributed by atoms with Crippen molar-refractivity contribution in [2.45, 2.75) is 25.0 Å². The molecule has 0 saturated heterocycles. The third-order valence-corrected chi connectivity index (χ3v) is 2.63. The summed E-state index contributed by atoms with van der Waals surface area (Å²) in [6.45, 7) is 0. The fraction of sp³-hybridized carbons (Fsp3) is 0.364. The Labute approximate surface area is 96.2 Å². The maximum absolute atomic E-state index is 13.2. The Kier molecular flexibility index (Phi) is 3.12. The van der Waals surface area contributed by atoms with Gasteiger partial charge in [0.2, 0.25) is 5.82 Å². The van der Waals surface area contributed by atoms with Crippen LogP contribution >= 0.6 is 0 Å². The highest BCUT2D eigenvalue weighted by molar-refractivity contribution is 5.65. The van der Waals surface area contributed by atoms with E-state index in [1.807, 2.05) is 0 Å². The zero-order valence-electron chi connectivity index (χ0n) is 8.82. The monoisotopic (exact) mass is 243 g/mol. The second-order valence-corrected chi connectivity index (χ2v) is 3.91. The number of nitrogens with one attached hydrogen (secondary N) is 1. The summed E-state index contributed by atoms with van der Waals surface area (Å²) in [5.41, 5.74) is 0. The highest BCUT2D eigenvalue weighted by atomic mass is 19.2. The van der Waals surface area contributed by atoms with Gasteiger partial charge in [-0.15, -0.1) is 0 Å². The van der Waals surface area contributed by atoms with Crippen LogP contribution in [-0.2, 0) is 0 Å².